The molecule has 1 saturated carbocycles. The third-order valence-corrected chi connectivity index (χ3v) is 7.75. The number of amides is 1. The Balaban J connectivity index is 1.74. The number of furan rings is 1. The first-order valence-electron chi connectivity index (χ1n) is 10.0. The highest BCUT2D eigenvalue weighted by Gasteiger charge is 2.30. The quantitative estimate of drug-likeness (QED) is 0.740. The smallest absolute Gasteiger partial charge is 0.246 e. The minimum absolute atomic E-state index is 0.00725. The molecule has 3 rings (SSSR count). The lowest BCUT2D eigenvalue weighted by Gasteiger charge is -2.29. The molecule has 1 aliphatic carbocycles. The van der Waals surface area contributed by atoms with Crippen molar-refractivity contribution in [3.63, 3.8) is 0 Å². The zero-order valence-corrected chi connectivity index (χ0v) is 18.3. The van der Waals surface area contributed by atoms with Crippen LogP contribution in [-0.4, -0.2) is 41.5 Å². The molecule has 2 heterocycles. The van der Waals surface area contributed by atoms with Crippen LogP contribution in [0.3, 0.4) is 0 Å². The molecule has 9 heteroatoms. The Kier molecular flexibility index (Phi) is 6.48. The maximum atomic E-state index is 13.1. The molecule has 2 atom stereocenters. The summed E-state index contributed by atoms with van der Waals surface area (Å²) >= 11 is 0. The van der Waals surface area contributed by atoms with Crippen molar-refractivity contribution in [3.8, 4) is 0 Å². The van der Waals surface area contributed by atoms with Gasteiger partial charge in [-0.2, -0.15) is 9.40 Å². The van der Waals surface area contributed by atoms with E-state index in [0.29, 0.717) is 23.1 Å². The van der Waals surface area contributed by atoms with E-state index in [4.69, 9.17) is 4.42 Å². The Morgan fingerprint density at radius 1 is 1.34 bits per heavy atom. The zero-order chi connectivity index (χ0) is 21.2. The molecule has 2 aromatic rings. The van der Waals surface area contributed by atoms with Gasteiger partial charge in [0.25, 0.3) is 0 Å². The zero-order valence-electron chi connectivity index (χ0n) is 17.5. The monoisotopic (exact) mass is 422 g/mol. The number of nitrogens with zero attached hydrogens (tertiary/aromatic N) is 3. The third-order valence-electron chi connectivity index (χ3n) is 5.69. The number of aromatic nitrogens is 2. The number of nitrogens with one attached hydrogen (secondary N) is 1. The van der Waals surface area contributed by atoms with Gasteiger partial charge < -0.3 is 9.73 Å². The second kappa shape index (κ2) is 8.71. The van der Waals surface area contributed by atoms with Crippen LogP contribution in [0.25, 0.3) is 0 Å². The standard InChI is InChI=1S/C20H30N4O4S/c1-14-8-5-6-10-18(14)21-19(25)13-24-16(3)20(15(2)22-24)29(26,27)23(4)12-17-9-7-11-28-17/h7,9,11,14,18H,5-6,8,10,12-13H2,1-4H3,(H,21,25)/t14-,18+/m1/s1. The predicted molar refractivity (Wildman–Crippen MR) is 109 cm³/mol. The number of sulfonamides is 1. The first-order chi connectivity index (χ1) is 13.7. The number of aryl methyl sites for hydroxylation is 1. The Bertz CT molecular complexity index is 950. The van der Waals surface area contributed by atoms with E-state index in [-0.39, 0.29) is 29.9 Å². The van der Waals surface area contributed by atoms with Gasteiger partial charge in [0.05, 0.1) is 24.2 Å². The number of carbonyl (C=O) groups excluding carboxylic acids is 1. The lowest BCUT2D eigenvalue weighted by molar-refractivity contribution is -0.123. The molecule has 160 valence electrons. The maximum absolute atomic E-state index is 13.1. The SMILES string of the molecule is Cc1nn(CC(=O)N[C@H]2CCCC[C@H]2C)c(C)c1S(=O)(=O)N(C)Cc1ccco1. The van der Waals surface area contributed by atoms with Crippen molar-refractivity contribution >= 4 is 15.9 Å². The molecule has 0 radical (unpaired) electrons. The van der Waals surface area contributed by atoms with E-state index < -0.39 is 10.0 Å². The van der Waals surface area contributed by atoms with E-state index in [9.17, 15) is 13.2 Å². The van der Waals surface area contributed by atoms with Crippen molar-refractivity contribution in [2.75, 3.05) is 7.05 Å². The minimum Gasteiger partial charge on any atom is -0.468 e. The van der Waals surface area contributed by atoms with E-state index >= 15 is 0 Å². The Labute approximate surface area is 172 Å². The van der Waals surface area contributed by atoms with Crippen molar-refractivity contribution in [2.24, 2.45) is 5.92 Å². The van der Waals surface area contributed by atoms with E-state index in [1.807, 2.05) is 0 Å². The van der Waals surface area contributed by atoms with Gasteiger partial charge in [-0.05, 0) is 44.7 Å². The molecular weight excluding hydrogens is 392 g/mol. The van der Waals surface area contributed by atoms with E-state index in [2.05, 4.69) is 17.3 Å². The Morgan fingerprint density at radius 2 is 2.07 bits per heavy atom. The van der Waals surface area contributed by atoms with Crippen molar-refractivity contribution in [2.45, 2.75) is 70.5 Å². The molecule has 1 N–H and O–H groups in total. The molecule has 0 saturated heterocycles. The number of rotatable bonds is 7. The van der Waals surface area contributed by atoms with Crippen LogP contribution in [0.2, 0.25) is 0 Å². The van der Waals surface area contributed by atoms with Crippen LogP contribution in [0.15, 0.2) is 27.7 Å². The topological polar surface area (TPSA) is 97.4 Å². The summed E-state index contributed by atoms with van der Waals surface area (Å²) in [5, 5.41) is 7.43. The number of hydrogen-bond acceptors (Lipinski definition) is 5. The Hall–Kier alpha value is -2.13. The molecule has 0 spiro atoms. The molecule has 1 aliphatic rings. The van der Waals surface area contributed by atoms with Crippen LogP contribution in [0.1, 0.15) is 49.8 Å². The second-order valence-electron chi connectivity index (χ2n) is 7.93. The molecule has 2 aromatic heterocycles. The first-order valence-corrected chi connectivity index (χ1v) is 11.5. The normalized spacial score (nSPS) is 20.2. The van der Waals surface area contributed by atoms with Crippen LogP contribution in [0.5, 0.6) is 0 Å². The van der Waals surface area contributed by atoms with Gasteiger partial charge in [-0.15, -0.1) is 0 Å². The largest absolute Gasteiger partial charge is 0.468 e. The Morgan fingerprint density at radius 3 is 2.72 bits per heavy atom. The van der Waals surface area contributed by atoms with Crippen LogP contribution < -0.4 is 5.32 Å². The van der Waals surface area contributed by atoms with Gasteiger partial charge in [0.15, 0.2) is 0 Å². The van der Waals surface area contributed by atoms with Gasteiger partial charge in [0.1, 0.15) is 17.2 Å². The van der Waals surface area contributed by atoms with E-state index in [1.165, 1.54) is 28.7 Å². The van der Waals surface area contributed by atoms with E-state index in [1.54, 1.807) is 26.0 Å². The molecule has 1 amide bonds. The van der Waals surface area contributed by atoms with Gasteiger partial charge in [0, 0.05) is 13.1 Å². The van der Waals surface area contributed by atoms with Gasteiger partial charge >= 0.3 is 0 Å². The first kappa shape index (κ1) is 21.6. The fourth-order valence-corrected chi connectivity index (χ4v) is 5.49. The summed E-state index contributed by atoms with van der Waals surface area (Å²) in [6.45, 7) is 5.63. The van der Waals surface area contributed by atoms with Gasteiger partial charge in [0.2, 0.25) is 15.9 Å². The molecule has 0 bridgehead atoms. The summed E-state index contributed by atoms with van der Waals surface area (Å²) in [6, 6.07) is 3.62. The lowest BCUT2D eigenvalue weighted by atomic mass is 9.86. The molecule has 0 aromatic carbocycles. The van der Waals surface area contributed by atoms with Crippen molar-refractivity contribution in [3.05, 3.63) is 35.5 Å². The van der Waals surface area contributed by atoms with E-state index in [0.717, 1.165) is 19.3 Å². The summed E-state index contributed by atoms with van der Waals surface area (Å²) < 4.78 is 34.1. The lowest BCUT2D eigenvalue weighted by Crippen LogP contribution is -2.42. The highest BCUT2D eigenvalue weighted by atomic mass is 32.2. The summed E-state index contributed by atoms with van der Waals surface area (Å²) in [5.74, 6) is 0.876. The highest BCUT2D eigenvalue weighted by molar-refractivity contribution is 7.89. The number of hydrogen-bond donors (Lipinski definition) is 1. The predicted octanol–water partition coefficient (Wildman–Crippen LogP) is 2.61. The maximum Gasteiger partial charge on any atom is 0.246 e. The van der Waals surface area contributed by atoms with Crippen LogP contribution >= 0.6 is 0 Å². The molecule has 0 unspecified atom stereocenters. The second-order valence-corrected chi connectivity index (χ2v) is 9.92. The van der Waals surface area contributed by atoms with Crippen molar-refractivity contribution in [1.29, 1.82) is 0 Å². The fourth-order valence-electron chi connectivity index (χ4n) is 3.99. The third kappa shape index (κ3) is 4.72. The van der Waals surface area contributed by atoms with Crippen molar-refractivity contribution in [1.82, 2.24) is 19.4 Å². The van der Waals surface area contributed by atoms with Gasteiger partial charge in [-0.3, -0.25) is 9.48 Å². The summed E-state index contributed by atoms with van der Waals surface area (Å²) in [4.78, 5) is 12.7. The molecule has 0 aliphatic heterocycles. The fraction of sp³-hybridized carbons (Fsp3) is 0.600. The van der Waals surface area contributed by atoms with Crippen LogP contribution in [-0.2, 0) is 27.9 Å². The van der Waals surface area contributed by atoms with Crippen LogP contribution in [0.4, 0.5) is 0 Å². The average Bonchev–Trinajstić information content (AvgIpc) is 3.25. The molecule has 8 nitrogen and oxygen atoms in total. The van der Waals surface area contributed by atoms with Crippen molar-refractivity contribution < 1.29 is 17.6 Å². The van der Waals surface area contributed by atoms with Gasteiger partial charge in [-0.1, -0.05) is 19.8 Å². The minimum atomic E-state index is -3.77. The summed E-state index contributed by atoms with van der Waals surface area (Å²) in [6.07, 6.45) is 5.95. The molecular formula is C20H30N4O4S. The molecule has 29 heavy (non-hydrogen) atoms. The number of carbonyl (C=O) groups is 1. The average molecular weight is 423 g/mol. The summed E-state index contributed by atoms with van der Waals surface area (Å²) in [7, 11) is -2.26. The molecule has 1 fully saturated rings. The highest BCUT2D eigenvalue weighted by Crippen LogP contribution is 2.25. The summed E-state index contributed by atoms with van der Waals surface area (Å²) in [5.41, 5.74) is 0.841. The van der Waals surface area contributed by atoms with Gasteiger partial charge in [-0.25, -0.2) is 8.42 Å². The van der Waals surface area contributed by atoms with Crippen LogP contribution in [0, 0.1) is 19.8 Å².